The van der Waals surface area contributed by atoms with Crippen molar-refractivity contribution < 1.29 is 9.15 Å². The van der Waals surface area contributed by atoms with E-state index in [-0.39, 0.29) is 0 Å². The van der Waals surface area contributed by atoms with Gasteiger partial charge in [-0.25, -0.2) is 0 Å². The van der Waals surface area contributed by atoms with Crippen molar-refractivity contribution in [3.05, 3.63) is 59.5 Å². The summed E-state index contributed by atoms with van der Waals surface area (Å²) < 4.78 is 10.5. The topological polar surface area (TPSA) is 58.8 Å². The summed E-state index contributed by atoms with van der Waals surface area (Å²) in [5.41, 5.74) is 2.37. The van der Waals surface area contributed by atoms with Gasteiger partial charge in [-0.1, -0.05) is 24.3 Å². The van der Waals surface area contributed by atoms with Gasteiger partial charge in [0.25, 0.3) is 0 Å². The van der Waals surface area contributed by atoms with E-state index in [1.165, 1.54) is 11.1 Å². The molecule has 2 rings (SSSR count). The van der Waals surface area contributed by atoms with Crippen LogP contribution < -0.4 is 10.6 Å². The Morgan fingerprint density at radius 3 is 2.77 bits per heavy atom. The fraction of sp³-hybridized carbons (Fsp3) is 0.353. The summed E-state index contributed by atoms with van der Waals surface area (Å²) in [5.74, 6) is 1.75. The number of hydrogen-bond donors (Lipinski definition) is 2. The lowest BCUT2D eigenvalue weighted by Crippen LogP contribution is -2.37. The first-order chi connectivity index (χ1) is 10.8. The van der Waals surface area contributed by atoms with Crippen LogP contribution in [0.4, 0.5) is 0 Å². The highest BCUT2D eigenvalue weighted by atomic mass is 16.5. The Balaban J connectivity index is 1.77. The van der Waals surface area contributed by atoms with E-state index in [1.54, 1.807) is 20.4 Å². The predicted octanol–water partition coefficient (Wildman–Crippen LogP) is 2.33. The average molecular weight is 301 g/mol. The van der Waals surface area contributed by atoms with Crippen LogP contribution in [0.5, 0.6) is 0 Å². The number of methoxy groups -OCH3 is 1. The van der Waals surface area contributed by atoms with E-state index in [0.29, 0.717) is 6.61 Å². The average Bonchev–Trinajstić information content (AvgIpc) is 3.05. The van der Waals surface area contributed by atoms with Crippen molar-refractivity contribution in [2.75, 3.05) is 20.7 Å². The minimum atomic E-state index is 0.629. The van der Waals surface area contributed by atoms with Gasteiger partial charge in [0, 0.05) is 33.7 Å². The standard InChI is InChI=1S/C17H23N3O2/c1-18-17(19-9-8-16-7-4-10-22-16)20-12-14-5-3-6-15(11-14)13-21-2/h3-7,10-11H,8-9,12-13H2,1-2H3,(H2,18,19,20). The maximum absolute atomic E-state index is 5.30. The monoisotopic (exact) mass is 301 g/mol. The Hall–Kier alpha value is -2.27. The Bertz CT molecular complexity index is 579. The molecule has 22 heavy (non-hydrogen) atoms. The summed E-state index contributed by atoms with van der Waals surface area (Å²) in [6.07, 6.45) is 2.52. The maximum atomic E-state index is 5.30. The van der Waals surface area contributed by atoms with Crippen LogP contribution in [0.2, 0.25) is 0 Å². The molecule has 1 aromatic heterocycles. The number of nitrogens with one attached hydrogen (secondary N) is 2. The van der Waals surface area contributed by atoms with E-state index >= 15 is 0 Å². The number of benzene rings is 1. The summed E-state index contributed by atoms with van der Waals surface area (Å²) in [6, 6.07) is 12.2. The molecule has 0 radical (unpaired) electrons. The van der Waals surface area contributed by atoms with Gasteiger partial charge in [0.05, 0.1) is 12.9 Å². The molecule has 0 amide bonds. The van der Waals surface area contributed by atoms with Crippen molar-refractivity contribution in [3.8, 4) is 0 Å². The molecule has 0 unspecified atom stereocenters. The third kappa shape index (κ3) is 5.26. The molecule has 118 valence electrons. The smallest absolute Gasteiger partial charge is 0.191 e. The molecule has 0 aliphatic carbocycles. The number of nitrogens with zero attached hydrogens (tertiary/aromatic N) is 1. The van der Waals surface area contributed by atoms with Gasteiger partial charge in [0.1, 0.15) is 5.76 Å². The first kappa shape index (κ1) is 16.1. The van der Waals surface area contributed by atoms with Crippen molar-refractivity contribution in [1.29, 1.82) is 0 Å². The van der Waals surface area contributed by atoms with E-state index in [4.69, 9.17) is 9.15 Å². The second-order valence-electron chi connectivity index (χ2n) is 4.93. The molecule has 5 nitrogen and oxygen atoms in total. The Morgan fingerprint density at radius 1 is 1.18 bits per heavy atom. The largest absolute Gasteiger partial charge is 0.469 e. The molecule has 5 heteroatoms. The molecular weight excluding hydrogens is 278 g/mol. The lowest BCUT2D eigenvalue weighted by molar-refractivity contribution is 0.185. The highest BCUT2D eigenvalue weighted by Gasteiger charge is 2.01. The summed E-state index contributed by atoms with van der Waals surface area (Å²) in [7, 11) is 3.47. The summed E-state index contributed by atoms with van der Waals surface area (Å²) >= 11 is 0. The molecule has 1 heterocycles. The molecule has 0 aliphatic rings. The van der Waals surface area contributed by atoms with Crippen molar-refractivity contribution in [1.82, 2.24) is 10.6 Å². The van der Waals surface area contributed by atoms with Crippen molar-refractivity contribution in [2.45, 2.75) is 19.6 Å². The molecule has 0 atom stereocenters. The zero-order valence-corrected chi connectivity index (χ0v) is 13.1. The lowest BCUT2D eigenvalue weighted by atomic mass is 10.1. The SMILES string of the molecule is CN=C(NCCc1ccco1)NCc1cccc(COC)c1. The zero-order valence-electron chi connectivity index (χ0n) is 13.1. The highest BCUT2D eigenvalue weighted by Crippen LogP contribution is 2.06. The molecule has 0 saturated heterocycles. The Kier molecular flexibility index (Phi) is 6.51. The summed E-state index contributed by atoms with van der Waals surface area (Å²) in [6.45, 7) is 2.12. The van der Waals surface area contributed by atoms with Gasteiger partial charge < -0.3 is 19.8 Å². The second kappa shape index (κ2) is 8.89. The maximum Gasteiger partial charge on any atom is 0.191 e. The van der Waals surface area contributed by atoms with Crippen LogP contribution in [-0.2, 0) is 24.3 Å². The van der Waals surface area contributed by atoms with E-state index in [0.717, 1.165) is 31.2 Å². The van der Waals surface area contributed by atoms with Gasteiger partial charge in [-0.3, -0.25) is 4.99 Å². The molecule has 2 aromatic rings. The molecule has 0 bridgehead atoms. The van der Waals surface area contributed by atoms with Gasteiger partial charge in [-0.2, -0.15) is 0 Å². The number of ether oxygens (including phenoxy) is 1. The second-order valence-corrected chi connectivity index (χ2v) is 4.93. The van der Waals surface area contributed by atoms with Crippen LogP contribution in [0.3, 0.4) is 0 Å². The normalized spacial score (nSPS) is 11.5. The van der Waals surface area contributed by atoms with Crippen molar-refractivity contribution in [2.24, 2.45) is 4.99 Å². The first-order valence-corrected chi connectivity index (χ1v) is 7.35. The third-order valence-electron chi connectivity index (χ3n) is 3.23. The fourth-order valence-electron chi connectivity index (χ4n) is 2.16. The van der Waals surface area contributed by atoms with Crippen LogP contribution in [0.15, 0.2) is 52.1 Å². The molecule has 0 spiro atoms. The number of rotatable bonds is 7. The van der Waals surface area contributed by atoms with E-state index in [2.05, 4.69) is 33.8 Å². The van der Waals surface area contributed by atoms with Gasteiger partial charge >= 0.3 is 0 Å². The molecule has 0 saturated carbocycles. The van der Waals surface area contributed by atoms with E-state index in [1.807, 2.05) is 18.2 Å². The Morgan fingerprint density at radius 2 is 2.05 bits per heavy atom. The van der Waals surface area contributed by atoms with Crippen molar-refractivity contribution in [3.63, 3.8) is 0 Å². The molecule has 1 aromatic carbocycles. The van der Waals surface area contributed by atoms with E-state index < -0.39 is 0 Å². The third-order valence-corrected chi connectivity index (χ3v) is 3.23. The van der Waals surface area contributed by atoms with Gasteiger partial charge in [-0.05, 0) is 23.3 Å². The van der Waals surface area contributed by atoms with Crippen LogP contribution in [0, 0.1) is 0 Å². The number of hydrogen-bond acceptors (Lipinski definition) is 3. The fourth-order valence-corrected chi connectivity index (χ4v) is 2.16. The molecule has 2 N–H and O–H groups in total. The van der Waals surface area contributed by atoms with Gasteiger partial charge in [0.15, 0.2) is 5.96 Å². The first-order valence-electron chi connectivity index (χ1n) is 7.35. The number of guanidine groups is 1. The summed E-state index contributed by atoms with van der Waals surface area (Å²) in [5, 5.41) is 6.57. The quantitative estimate of drug-likeness (QED) is 0.609. The Labute approximate surface area is 131 Å². The lowest BCUT2D eigenvalue weighted by Gasteiger charge is -2.12. The van der Waals surface area contributed by atoms with Gasteiger partial charge in [0.2, 0.25) is 0 Å². The van der Waals surface area contributed by atoms with Crippen LogP contribution >= 0.6 is 0 Å². The van der Waals surface area contributed by atoms with Crippen LogP contribution in [0.1, 0.15) is 16.9 Å². The number of furan rings is 1. The molecule has 0 fully saturated rings. The minimum Gasteiger partial charge on any atom is -0.469 e. The predicted molar refractivity (Wildman–Crippen MR) is 87.8 cm³/mol. The minimum absolute atomic E-state index is 0.629. The highest BCUT2D eigenvalue weighted by molar-refractivity contribution is 5.79. The van der Waals surface area contributed by atoms with Crippen LogP contribution in [-0.4, -0.2) is 26.7 Å². The van der Waals surface area contributed by atoms with Crippen LogP contribution in [0.25, 0.3) is 0 Å². The molecular formula is C17H23N3O2. The zero-order chi connectivity index (χ0) is 15.6. The van der Waals surface area contributed by atoms with Crippen molar-refractivity contribution >= 4 is 5.96 Å². The van der Waals surface area contributed by atoms with E-state index in [9.17, 15) is 0 Å². The number of aliphatic imine (C=N–C) groups is 1. The summed E-state index contributed by atoms with van der Waals surface area (Å²) in [4.78, 5) is 4.22. The van der Waals surface area contributed by atoms with Gasteiger partial charge in [-0.15, -0.1) is 0 Å². The molecule has 0 aliphatic heterocycles.